The van der Waals surface area contributed by atoms with Crippen molar-refractivity contribution in [1.29, 1.82) is 0 Å². The number of halogens is 1. The minimum atomic E-state index is -0.667. The lowest BCUT2D eigenvalue weighted by molar-refractivity contribution is 0.0474. The van der Waals surface area contributed by atoms with Crippen LogP contribution >= 0.6 is 11.6 Å². The van der Waals surface area contributed by atoms with Crippen LogP contribution in [-0.4, -0.2) is 33.1 Å². The van der Waals surface area contributed by atoms with Crippen LogP contribution in [0.1, 0.15) is 32.0 Å². The monoisotopic (exact) mass is 407 g/mol. The van der Waals surface area contributed by atoms with Gasteiger partial charge in [0.25, 0.3) is 0 Å². The number of Topliss-reactive ketones (excluding diaryl/α,β-unsaturated/α-hetero) is 1. The van der Waals surface area contributed by atoms with Gasteiger partial charge in [0.1, 0.15) is 10.7 Å². The SMILES string of the molecule is Cc1nn(Cc2ccccc2)c(Cl)c1C(=O)OCC(=O)c1c[nH]c2ccccc12. The number of nitrogens with zero attached hydrogens (tertiary/aromatic N) is 2. The number of nitrogens with one attached hydrogen (secondary N) is 1. The maximum absolute atomic E-state index is 12.6. The van der Waals surface area contributed by atoms with Crippen molar-refractivity contribution in [1.82, 2.24) is 14.8 Å². The van der Waals surface area contributed by atoms with Crippen LogP contribution in [0.4, 0.5) is 0 Å². The maximum atomic E-state index is 12.6. The molecule has 0 saturated carbocycles. The zero-order valence-corrected chi connectivity index (χ0v) is 16.4. The van der Waals surface area contributed by atoms with Crippen molar-refractivity contribution in [3.63, 3.8) is 0 Å². The van der Waals surface area contributed by atoms with Gasteiger partial charge >= 0.3 is 5.97 Å². The van der Waals surface area contributed by atoms with Crippen molar-refractivity contribution < 1.29 is 14.3 Å². The van der Waals surface area contributed by atoms with Crippen molar-refractivity contribution >= 4 is 34.3 Å². The first-order valence-electron chi connectivity index (χ1n) is 9.08. The topological polar surface area (TPSA) is 77.0 Å². The van der Waals surface area contributed by atoms with E-state index >= 15 is 0 Å². The Balaban J connectivity index is 1.48. The summed E-state index contributed by atoms with van der Waals surface area (Å²) in [7, 11) is 0. The molecule has 0 radical (unpaired) electrons. The summed E-state index contributed by atoms with van der Waals surface area (Å²) in [4.78, 5) is 28.1. The molecular formula is C22H18ClN3O3. The fourth-order valence-corrected chi connectivity index (χ4v) is 3.54. The molecule has 4 rings (SSSR count). The second-order valence-corrected chi connectivity index (χ2v) is 7.00. The standard InChI is InChI=1S/C22H18ClN3O3/c1-14-20(21(23)26(25-14)12-15-7-3-2-4-8-15)22(28)29-13-19(27)17-11-24-18-10-6-5-9-16(17)18/h2-11,24H,12-13H2,1H3. The first kappa shape index (κ1) is 19.0. The fraction of sp³-hybridized carbons (Fsp3) is 0.136. The Morgan fingerprint density at radius 3 is 2.62 bits per heavy atom. The third-order valence-corrected chi connectivity index (χ3v) is 5.05. The summed E-state index contributed by atoms with van der Waals surface area (Å²) in [5, 5.41) is 5.32. The number of para-hydroxylation sites is 1. The van der Waals surface area contributed by atoms with E-state index in [0.29, 0.717) is 17.8 Å². The number of carbonyl (C=O) groups excluding carboxylic acids is 2. The van der Waals surface area contributed by atoms with Gasteiger partial charge in [-0.15, -0.1) is 0 Å². The van der Waals surface area contributed by atoms with E-state index in [0.717, 1.165) is 16.5 Å². The number of H-pyrrole nitrogens is 1. The first-order chi connectivity index (χ1) is 14.0. The molecule has 0 amide bonds. The molecule has 1 N–H and O–H groups in total. The second-order valence-electron chi connectivity index (χ2n) is 6.64. The number of hydrogen-bond acceptors (Lipinski definition) is 4. The van der Waals surface area contributed by atoms with E-state index in [1.54, 1.807) is 17.8 Å². The number of aromatic amines is 1. The van der Waals surface area contributed by atoms with Gasteiger partial charge in [0.15, 0.2) is 6.61 Å². The predicted molar refractivity (Wildman–Crippen MR) is 110 cm³/mol. The third-order valence-electron chi connectivity index (χ3n) is 4.67. The molecule has 2 aromatic heterocycles. The molecule has 2 heterocycles. The number of esters is 1. The molecule has 4 aromatic rings. The number of carbonyl (C=O) groups is 2. The highest BCUT2D eigenvalue weighted by molar-refractivity contribution is 6.32. The Labute approximate surface area is 172 Å². The molecule has 146 valence electrons. The number of aryl methyl sites for hydroxylation is 1. The Bertz CT molecular complexity index is 1190. The highest BCUT2D eigenvalue weighted by Gasteiger charge is 2.23. The number of fused-ring (bicyclic) bond motifs is 1. The van der Waals surface area contributed by atoms with E-state index in [1.165, 1.54) is 0 Å². The van der Waals surface area contributed by atoms with Gasteiger partial charge < -0.3 is 9.72 Å². The van der Waals surface area contributed by atoms with Crippen molar-refractivity contribution in [2.75, 3.05) is 6.61 Å². The summed E-state index contributed by atoms with van der Waals surface area (Å²) < 4.78 is 6.79. The highest BCUT2D eigenvalue weighted by Crippen LogP contribution is 2.23. The molecule has 0 atom stereocenters. The molecule has 0 fully saturated rings. The molecule has 0 unspecified atom stereocenters. The van der Waals surface area contributed by atoms with Crippen molar-refractivity contribution in [2.24, 2.45) is 0 Å². The third kappa shape index (κ3) is 3.79. The number of rotatable bonds is 6. The quantitative estimate of drug-likeness (QED) is 0.379. The summed E-state index contributed by atoms with van der Waals surface area (Å²) in [6.45, 7) is 1.74. The van der Waals surface area contributed by atoms with Gasteiger partial charge in [0.05, 0.1) is 12.2 Å². The van der Waals surface area contributed by atoms with E-state index in [-0.39, 0.29) is 23.1 Å². The van der Waals surface area contributed by atoms with Crippen LogP contribution < -0.4 is 0 Å². The second kappa shape index (κ2) is 7.93. The van der Waals surface area contributed by atoms with E-state index in [9.17, 15) is 9.59 Å². The minimum Gasteiger partial charge on any atom is -0.454 e. The zero-order valence-electron chi connectivity index (χ0n) is 15.7. The Hall–Kier alpha value is -3.38. The largest absolute Gasteiger partial charge is 0.454 e. The molecule has 0 aliphatic heterocycles. The lowest BCUT2D eigenvalue weighted by Gasteiger charge is -2.05. The van der Waals surface area contributed by atoms with Gasteiger partial charge in [-0.2, -0.15) is 5.10 Å². The Kier molecular flexibility index (Phi) is 5.18. The molecule has 2 aromatic carbocycles. The van der Waals surface area contributed by atoms with Gasteiger partial charge in [-0.25, -0.2) is 9.48 Å². The van der Waals surface area contributed by atoms with Crippen LogP contribution in [0.3, 0.4) is 0 Å². The van der Waals surface area contributed by atoms with E-state index in [4.69, 9.17) is 16.3 Å². The Morgan fingerprint density at radius 2 is 1.83 bits per heavy atom. The average Bonchev–Trinajstić information content (AvgIpc) is 3.28. The number of aromatic nitrogens is 3. The van der Waals surface area contributed by atoms with Crippen LogP contribution in [0.2, 0.25) is 5.15 Å². The van der Waals surface area contributed by atoms with Crippen LogP contribution in [0.5, 0.6) is 0 Å². The number of ether oxygens (including phenoxy) is 1. The van der Waals surface area contributed by atoms with E-state index in [1.807, 2.05) is 54.6 Å². The summed E-state index contributed by atoms with van der Waals surface area (Å²) in [5.74, 6) is -0.957. The van der Waals surface area contributed by atoms with Gasteiger partial charge in [-0.3, -0.25) is 4.79 Å². The number of hydrogen-bond donors (Lipinski definition) is 1. The van der Waals surface area contributed by atoms with Crippen LogP contribution in [0.25, 0.3) is 10.9 Å². The molecule has 6 nitrogen and oxygen atoms in total. The molecule has 0 aliphatic carbocycles. The summed E-state index contributed by atoms with van der Waals surface area (Å²) in [6.07, 6.45) is 1.62. The number of ketones is 1. The summed E-state index contributed by atoms with van der Waals surface area (Å²) in [5.41, 5.74) is 2.97. The molecule has 0 spiro atoms. The smallest absolute Gasteiger partial charge is 0.343 e. The predicted octanol–water partition coefficient (Wildman–Crippen LogP) is 4.41. The maximum Gasteiger partial charge on any atom is 0.343 e. The van der Waals surface area contributed by atoms with Crippen molar-refractivity contribution in [2.45, 2.75) is 13.5 Å². The Morgan fingerprint density at radius 1 is 1.10 bits per heavy atom. The van der Waals surface area contributed by atoms with Crippen LogP contribution in [-0.2, 0) is 11.3 Å². The lowest BCUT2D eigenvalue weighted by atomic mass is 10.1. The van der Waals surface area contributed by atoms with Crippen molar-refractivity contribution in [3.05, 3.63) is 88.3 Å². The first-order valence-corrected chi connectivity index (χ1v) is 9.45. The average molecular weight is 408 g/mol. The molecular weight excluding hydrogens is 390 g/mol. The van der Waals surface area contributed by atoms with E-state index < -0.39 is 5.97 Å². The lowest BCUT2D eigenvalue weighted by Crippen LogP contribution is -2.15. The summed E-state index contributed by atoms with van der Waals surface area (Å²) in [6, 6.07) is 17.1. The fourth-order valence-electron chi connectivity index (χ4n) is 3.23. The van der Waals surface area contributed by atoms with Crippen molar-refractivity contribution in [3.8, 4) is 0 Å². The molecule has 0 aliphatic rings. The van der Waals surface area contributed by atoms with Gasteiger partial charge in [0, 0.05) is 22.7 Å². The minimum absolute atomic E-state index is 0.175. The van der Waals surface area contributed by atoms with Gasteiger partial charge in [-0.05, 0) is 18.6 Å². The van der Waals surface area contributed by atoms with E-state index in [2.05, 4.69) is 10.1 Å². The van der Waals surface area contributed by atoms with Gasteiger partial charge in [-0.1, -0.05) is 60.1 Å². The summed E-state index contributed by atoms with van der Waals surface area (Å²) >= 11 is 6.38. The van der Waals surface area contributed by atoms with Crippen LogP contribution in [0.15, 0.2) is 60.8 Å². The molecule has 29 heavy (non-hydrogen) atoms. The molecule has 0 saturated heterocycles. The zero-order chi connectivity index (χ0) is 20.4. The molecule has 0 bridgehead atoms. The van der Waals surface area contributed by atoms with Gasteiger partial charge in [0.2, 0.25) is 5.78 Å². The normalized spacial score (nSPS) is 11.0. The molecule has 7 heteroatoms. The number of benzene rings is 2. The highest BCUT2D eigenvalue weighted by atomic mass is 35.5. The van der Waals surface area contributed by atoms with Crippen LogP contribution in [0, 0.1) is 6.92 Å².